The summed E-state index contributed by atoms with van der Waals surface area (Å²) in [6.07, 6.45) is 2.51. The SMILES string of the molecule is Fc1ccccc1CC1OC2(CCNCC2)c2ccccc21. The van der Waals surface area contributed by atoms with Gasteiger partial charge >= 0.3 is 0 Å². The molecule has 1 unspecified atom stereocenters. The Bertz CT molecular complexity index is 679. The van der Waals surface area contributed by atoms with E-state index in [1.54, 1.807) is 6.07 Å². The normalized spacial score (nSPS) is 22.7. The van der Waals surface area contributed by atoms with E-state index in [-0.39, 0.29) is 17.5 Å². The van der Waals surface area contributed by atoms with Crippen LogP contribution in [0.1, 0.15) is 35.6 Å². The molecule has 3 heteroatoms. The zero-order chi connectivity index (χ0) is 15.0. The molecule has 2 aliphatic heterocycles. The van der Waals surface area contributed by atoms with Gasteiger partial charge in [-0.05, 0) is 48.7 Å². The third kappa shape index (κ3) is 2.25. The van der Waals surface area contributed by atoms with Crippen LogP contribution >= 0.6 is 0 Å². The lowest BCUT2D eigenvalue weighted by atomic mass is 9.84. The van der Waals surface area contributed by atoms with Gasteiger partial charge in [0.15, 0.2) is 0 Å². The molecule has 1 atom stereocenters. The Morgan fingerprint density at radius 3 is 2.59 bits per heavy atom. The second-order valence-electron chi connectivity index (χ2n) is 6.23. The second-order valence-corrected chi connectivity index (χ2v) is 6.23. The maximum absolute atomic E-state index is 14.0. The van der Waals surface area contributed by atoms with Gasteiger partial charge in [-0.1, -0.05) is 42.5 Å². The van der Waals surface area contributed by atoms with Gasteiger partial charge in [0.1, 0.15) is 5.82 Å². The molecule has 0 bridgehead atoms. The van der Waals surface area contributed by atoms with Gasteiger partial charge in [-0.15, -0.1) is 0 Å². The van der Waals surface area contributed by atoms with Crippen LogP contribution in [0.15, 0.2) is 48.5 Å². The Morgan fingerprint density at radius 2 is 1.77 bits per heavy atom. The van der Waals surface area contributed by atoms with Crippen molar-refractivity contribution in [1.82, 2.24) is 5.32 Å². The molecular formula is C19H20FNO. The summed E-state index contributed by atoms with van der Waals surface area (Å²) in [5, 5.41) is 3.40. The van der Waals surface area contributed by atoms with E-state index in [0.29, 0.717) is 6.42 Å². The molecule has 0 amide bonds. The van der Waals surface area contributed by atoms with Crippen LogP contribution < -0.4 is 5.32 Å². The second kappa shape index (κ2) is 5.49. The van der Waals surface area contributed by atoms with Crippen molar-refractivity contribution >= 4 is 0 Å². The van der Waals surface area contributed by atoms with E-state index in [1.165, 1.54) is 17.2 Å². The first kappa shape index (κ1) is 13.9. The Balaban J connectivity index is 1.69. The van der Waals surface area contributed by atoms with Crippen LogP contribution in [0.5, 0.6) is 0 Å². The summed E-state index contributed by atoms with van der Waals surface area (Å²) in [5.74, 6) is -0.144. The number of piperidine rings is 1. The molecular weight excluding hydrogens is 277 g/mol. The fraction of sp³-hybridized carbons (Fsp3) is 0.368. The van der Waals surface area contributed by atoms with Gasteiger partial charge in [-0.25, -0.2) is 4.39 Å². The zero-order valence-corrected chi connectivity index (χ0v) is 12.5. The molecule has 114 valence electrons. The van der Waals surface area contributed by atoms with Crippen molar-refractivity contribution in [1.29, 1.82) is 0 Å². The van der Waals surface area contributed by atoms with Gasteiger partial charge in [-0.3, -0.25) is 0 Å². The smallest absolute Gasteiger partial charge is 0.126 e. The predicted molar refractivity (Wildman–Crippen MR) is 84.2 cm³/mol. The number of hydrogen-bond acceptors (Lipinski definition) is 2. The van der Waals surface area contributed by atoms with Crippen molar-refractivity contribution in [3.63, 3.8) is 0 Å². The van der Waals surface area contributed by atoms with Crippen molar-refractivity contribution in [2.45, 2.75) is 31.0 Å². The number of nitrogens with one attached hydrogen (secondary N) is 1. The molecule has 4 rings (SSSR count). The lowest BCUT2D eigenvalue weighted by Crippen LogP contribution is -2.39. The molecule has 0 saturated carbocycles. The molecule has 1 spiro atoms. The standard InChI is InChI=1S/C19H20FNO/c20-17-8-4-1-5-14(17)13-18-15-6-2-3-7-16(15)19(22-18)9-11-21-12-10-19/h1-8,18,21H,9-13H2. The number of hydrogen-bond donors (Lipinski definition) is 1. The topological polar surface area (TPSA) is 21.3 Å². The highest BCUT2D eigenvalue weighted by molar-refractivity contribution is 5.39. The van der Waals surface area contributed by atoms with E-state index in [2.05, 4.69) is 29.6 Å². The molecule has 0 aromatic heterocycles. The van der Waals surface area contributed by atoms with Crippen LogP contribution in [0.4, 0.5) is 4.39 Å². The lowest BCUT2D eigenvalue weighted by Gasteiger charge is -2.34. The first-order valence-electron chi connectivity index (χ1n) is 8.00. The van der Waals surface area contributed by atoms with Gasteiger partial charge in [0, 0.05) is 6.42 Å². The van der Waals surface area contributed by atoms with Gasteiger partial charge in [0.25, 0.3) is 0 Å². The van der Waals surface area contributed by atoms with E-state index in [0.717, 1.165) is 31.5 Å². The number of rotatable bonds is 2. The third-order valence-corrected chi connectivity index (χ3v) is 4.94. The Morgan fingerprint density at radius 1 is 1.05 bits per heavy atom. The van der Waals surface area contributed by atoms with Crippen LogP contribution in [-0.2, 0) is 16.8 Å². The number of fused-ring (bicyclic) bond motifs is 2. The average molecular weight is 297 g/mol. The van der Waals surface area contributed by atoms with E-state index in [1.807, 2.05) is 12.1 Å². The first-order chi connectivity index (χ1) is 10.8. The van der Waals surface area contributed by atoms with Crippen LogP contribution in [-0.4, -0.2) is 13.1 Å². The summed E-state index contributed by atoms with van der Waals surface area (Å²) in [4.78, 5) is 0. The Hall–Kier alpha value is -1.71. The zero-order valence-electron chi connectivity index (χ0n) is 12.5. The quantitative estimate of drug-likeness (QED) is 0.912. The molecule has 1 saturated heterocycles. The van der Waals surface area contributed by atoms with E-state index in [4.69, 9.17) is 4.74 Å². The molecule has 22 heavy (non-hydrogen) atoms. The molecule has 2 aliphatic rings. The molecule has 2 heterocycles. The minimum Gasteiger partial charge on any atom is -0.362 e. The predicted octanol–water partition coefficient (Wildman–Crippen LogP) is 3.72. The summed E-state index contributed by atoms with van der Waals surface area (Å²) < 4.78 is 20.5. The highest BCUT2D eigenvalue weighted by Crippen LogP contribution is 2.49. The summed E-state index contributed by atoms with van der Waals surface area (Å²) in [5.41, 5.74) is 3.08. The van der Waals surface area contributed by atoms with Crippen molar-refractivity contribution in [2.24, 2.45) is 0 Å². The van der Waals surface area contributed by atoms with E-state index >= 15 is 0 Å². The molecule has 2 aromatic carbocycles. The molecule has 1 N–H and O–H groups in total. The van der Waals surface area contributed by atoms with Gasteiger partial charge in [0.2, 0.25) is 0 Å². The van der Waals surface area contributed by atoms with Crippen LogP contribution in [0.3, 0.4) is 0 Å². The maximum atomic E-state index is 14.0. The van der Waals surface area contributed by atoms with Crippen LogP contribution in [0.25, 0.3) is 0 Å². The van der Waals surface area contributed by atoms with Crippen LogP contribution in [0.2, 0.25) is 0 Å². The van der Waals surface area contributed by atoms with Gasteiger partial charge in [0.05, 0.1) is 11.7 Å². The summed E-state index contributed by atoms with van der Waals surface area (Å²) >= 11 is 0. The minimum atomic E-state index is -0.183. The number of halogens is 1. The van der Waals surface area contributed by atoms with Crippen LogP contribution in [0, 0.1) is 5.82 Å². The van der Waals surface area contributed by atoms with Crippen molar-refractivity contribution in [3.05, 3.63) is 71.0 Å². The van der Waals surface area contributed by atoms with Gasteiger partial charge < -0.3 is 10.1 Å². The van der Waals surface area contributed by atoms with E-state index < -0.39 is 0 Å². The Kier molecular flexibility index (Phi) is 3.47. The van der Waals surface area contributed by atoms with E-state index in [9.17, 15) is 4.39 Å². The summed E-state index contributed by atoms with van der Waals surface area (Å²) in [7, 11) is 0. The third-order valence-electron chi connectivity index (χ3n) is 4.94. The first-order valence-corrected chi connectivity index (χ1v) is 8.00. The van der Waals surface area contributed by atoms with Gasteiger partial charge in [-0.2, -0.15) is 0 Å². The molecule has 2 aromatic rings. The average Bonchev–Trinajstić information content (AvgIpc) is 2.85. The fourth-order valence-corrected chi connectivity index (χ4v) is 3.83. The monoisotopic (exact) mass is 297 g/mol. The Labute approximate surface area is 130 Å². The number of ether oxygens (including phenoxy) is 1. The highest BCUT2D eigenvalue weighted by atomic mass is 19.1. The summed E-state index contributed by atoms with van der Waals surface area (Å²) in [6, 6.07) is 15.5. The lowest BCUT2D eigenvalue weighted by molar-refractivity contribution is -0.0940. The molecule has 0 radical (unpaired) electrons. The summed E-state index contributed by atoms with van der Waals surface area (Å²) in [6.45, 7) is 1.95. The largest absolute Gasteiger partial charge is 0.362 e. The van der Waals surface area contributed by atoms with Crippen molar-refractivity contribution in [2.75, 3.05) is 13.1 Å². The maximum Gasteiger partial charge on any atom is 0.126 e. The fourth-order valence-electron chi connectivity index (χ4n) is 3.83. The van der Waals surface area contributed by atoms with Crippen molar-refractivity contribution < 1.29 is 9.13 Å². The minimum absolute atomic E-state index is 0.0498. The molecule has 1 fully saturated rings. The molecule has 2 nitrogen and oxygen atoms in total. The molecule has 0 aliphatic carbocycles. The number of benzene rings is 2. The van der Waals surface area contributed by atoms with Crippen molar-refractivity contribution in [3.8, 4) is 0 Å². The highest BCUT2D eigenvalue weighted by Gasteiger charge is 2.45.